The molecule has 0 aliphatic rings. The maximum Gasteiger partial charge on any atom is 0.0723 e. The maximum atomic E-state index is 4.44. The van der Waals surface area contributed by atoms with Gasteiger partial charge in [0.2, 0.25) is 0 Å². The lowest BCUT2D eigenvalue weighted by Crippen LogP contribution is -2.11. The summed E-state index contributed by atoms with van der Waals surface area (Å²) in [5.74, 6) is 0. The first-order valence-corrected chi connectivity index (χ1v) is 5.87. The van der Waals surface area contributed by atoms with Gasteiger partial charge in [-0.25, -0.2) is 0 Å². The van der Waals surface area contributed by atoms with Crippen molar-refractivity contribution in [2.24, 2.45) is 0 Å². The molecule has 0 bridgehead atoms. The minimum atomic E-state index is 0.147. The van der Waals surface area contributed by atoms with Crippen molar-refractivity contribution < 1.29 is 0 Å². The zero-order chi connectivity index (χ0) is 12.5. The Morgan fingerprint density at radius 1 is 1.00 bits per heavy atom. The average Bonchev–Trinajstić information content (AvgIpc) is 2.29. The summed E-state index contributed by atoms with van der Waals surface area (Å²) in [5.41, 5.74) is 4.58. The van der Waals surface area contributed by atoms with Crippen LogP contribution < -0.4 is 0 Å². The quantitative estimate of drug-likeness (QED) is 0.740. The predicted octanol–water partition coefficient (Wildman–Crippen LogP) is 3.75. The van der Waals surface area contributed by atoms with Crippen LogP contribution in [0.15, 0.2) is 36.7 Å². The third-order valence-electron chi connectivity index (χ3n) is 2.91. The van der Waals surface area contributed by atoms with E-state index < -0.39 is 0 Å². The molecule has 2 rings (SSSR count). The van der Waals surface area contributed by atoms with Gasteiger partial charge in [0.25, 0.3) is 0 Å². The predicted molar refractivity (Wildman–Crippen MR) is 70.9 cm³/mol. The van der Waals surface area contributed by atoms with Gasteiger partial charge in [0.05, 0.1) is 5.69 Å². The largest absolute Gasteiger partial charge is 0.261 e. The highest BCUT2D eigenvalue weighted by Crippen LogP contribution is 2.26. The Morgan fingerprint density at radius 3 is 2.41 bits per heavy atom. The molecule has 0 N–H and O–H groups in total. The van der Waals surface area contributed by atoms with E-state index in [-0.39, 0.29) is 5.41 Å². The SMILES string of the molecule is Cc1ncccc1-c1cc(C(C)(C)C)ccn1. The van der Waals surface area contributed by atoms with E-state index in [1.165, 1.54) is 5.56 Å². The van der Waals surface area contributed by atoms with Gasteiger partial charge in [-0.05, 0) is 42.2 Å². The van der Waals surface area contributed by atoms with Crippen molar-refractivity contribution >= 4 is 0 Å². The average molecular weight is 226 g/mol. The molecule has 2 aromatic rings. The van der Waals surface area contributed by atoms with Gasteiger partial charge >= 0.3 is 0 Å². The Balaban J connectivity index is 2.51. The molecule has 0 fully saturated rings. The lowest BCUT2D eigenvalue weighted by Gasteiger charge is -2.19. The number of hydrogen-bond acceptors (Lipinski definition) is 2. The Kier molecular flexibility index (Phi) is 2.97. The van der Waals surface area contributed by atoms with Crippen LogP contribution in [0.3, 0.4) is 0 Å². The second-order valence-electron chi connectivity index (χ2n) is 5.32. The van der Waals surface area contributed by atoms with Crippen molar-refractivity contribution in [2.45, 2.75) is 33.1 Å². The van der Waals surface area contributed by atoms with Crippen LogP contribution in [0.5, 0.6) is 0 Å². The number of hydrogen-bond donors (Lipinski definition) is 0. The highest BCUT2D eigenvalue weighted by Gasteiger charge is 2.15. The van der Waals surface area contributed by atoms with Crippen molar-refractivity contribution in [3.63, 3.8) is 0 Å². The first kappa shape index (κ1) is 11.8. The molecular weight excluding hydrogens is 208 g/mol. The molecule has 0 radical (unpaired) electrons. The minimum Gasteiger partial charge on any atom is -0.261 e. The molecule has 0 aromatic carbocycles. The molecule has 0 saturated heterocycles. The molecule has 0 atom stereocenters. The van der Waals surface area contributed by atoms with Crippen LogP contribution in [0.1, 0.15) is 32.0 Å². The molecule has 2 aromatic heterocycles. The molecule has 0 saturated carbocycles. The molecule has 0 unspecified atom stereocenters. The van der Waals surface area contributed by atoms with E-state index in [4.69, 9.17) is 0 Å². The number of aryl methyl sites for hydroxylation is 1. The van der Waals surface area contributed by atoms with Gasteiger partial charge in [-0.2, -0.15) is 0 Å². The normalized spacial score (nSPS) is 11.5. The van der Waals surface area contributed by atoms with Gasteiger partial charge < -0.3 is 0 Å². The van der Waals surface area contributed by atoms with Gasteiger partial charge in [-0.1, -0.05) is 20.8 Å². The Hall–Kier alpha value is -1.70. The monoisotopic (exact) mass is 226 g/mol. The van der Waals surface area contributed by atoms with Gasteiger partial charge in [0.1, 0.15) is 0 Å². The lowest BCUT2D eigenvalue weighted by atomic mass is 9.87. The summed E-state index contributed by atoms with van der Waals surface area (Å²) in [6.07, 6.45) is 3.69. The van der Waals surface area contributed by atoms with E-state index in [0.29, 0.717) is 0 Å². The first-order chi connectivity index (χ1) is 7.98. The highest BCUT2D eigenvalue weighted by molar-refractivity contribution is 5.62. The molecule has 0 aliphatic heterocycles. The molecule has 2 nitrogen and oxygen atoms in total. The number of pyridine rings is 2. The van der Waals surface area contributed by atoms with E-state index in [1.54, 1.807) is 0 Å². The van der Waals surface area contributed by atoms with Gasteiger partial charge in [-0.3, -0.25) is 9.97 Å². The van der Waals surface area contributed by atoms with Gasteiger partial charge in [0, 0.05) is 23.7 Å². The van der Waals surface area contributed by atoms with E-state index >= 15 is 0 Å². The van der Waals surface area contributed by atoms with Crippen molar-refractivity contribution in [2.75, 3.05) is 0 Å². The zero-order valence-corrected chi connectivity index (χ0v) is 10.9. The summed E-state index contributed by atoms with van der Waals surface area (Å²) in [5, 5.41) is 0. The summed E-state index contributed by atoms with van der Waals surface area (Å²) < 4.78 is 0. The summed E-state index contributed by atoms with van der Waals surface area (Å²) in [4.78, 5) is 8.75. The van der Waals surface area contributed by atoms with Crippen molar-refractivity contribution in [1.82, 2.24) is 9.97 Å². The highest BCUT2D eigenvalue weighted by atomic mass is 14.7. The van der Waals surface area contributed by atoms with Crippen LogP contribution in [-0.2, 0) is 5.41 Å². The van der Waals surface area contributed by atoms with E-state index in [9.17, 15) is 0 Å². The van der Waals surface area contributed by atoms with E-state index in [1.807, 2.05) is 25.4 Å². The lowest BCUT2D eigenvalue weighted by molar-refractivity contribution is 0.589. The second kappa shape index (κ2) is 4.28. The summed E-state index contributed by atoms with van der Waals surface area (Å²) >= 11 is 0. The topological polar surface area (TPSA) is 25.8 Å². The smallest absolute Gasteiger partial charge is 0.0723 e. The van der Waals surface area contributed by atoms with E-state index in [0.717, 1.165) is 17.0 Å². The molecule has 2 heteroatoms. The standard InChI is InChI=1S/C15H18N2/c1-11-13(6-5-8-16-11)14-10-12(7-9-17-14)15(2,3)4/h5-10H,1-4H3. The minimum absolute atomic E-state index is 0.147. The van der Waals surface area contributed by atoms with Crippen LogP contribution in [-0.4, -0.2) is 9.97 Å². The molecule has 0 amide bonds. The molecule has 17 heavy (non-hydrogen) atoms. The van der Waals surface area contributed by atoms with Crippen molar-refractivity contribution in [1.29, 1.82) is 0 Å². The summed E-state index contributed by atoms with van der Waals surface area (Å²) in [7, 11) is 0. The Labute approximate surface area is 103 Å². The van der Waals surface area contributed by atoms with Crippen molar-refractivity contribution in [3.8, 4) is 11.3 Å². The summed E-state index contributed by atoms with van der Waals surface area (Å²) in [6.45, 7) is 8.65. The van der Waals surface area contributed by atoms with Crippen LogP contribution in [0.2, 0.25) is 0 Å². The van der Waals surface area contributed by atoms with Gasteiger partial charge in [0.15, 0.2) is 0 Å². The molecular formula is C15H18N2. The number of rotatable bonds is 1. The summed E-state index contributed by atoms with van der Waals surface area (Å²) in [6, 6.07) is 8.25. The molecule has 2 heterocycles. The molecule has 88 valence electrons. The number of nitrogens with zero attached hydrogens (tertiary/aromatic N) is 2. The second-order valence-corrected chi connectivity index (χ2v) is 5.32. The number of aromatic nitrogens is 2. The third-order valence-corrected chi connectivity index (χ3v) is 2.91. The fourth-order valence-electron chi connectivity index (χ4n) is 1.80. The van der Waals surface area contributed by atoms with E-state index in [2.05, 4.69) is 48.9 Å². The fraction of sp³-hybridized carbons (Fsp3) is 0.333. The molecule has 0 spiro atoms. The molecule has 0 aliphatic carbocycles. The maximum absolute atomic E-state index is 4.44. The third kappa shape index (κ3) is 2.52. The Morgan fingerprint density at radius 2 is 1.76 bits per heavy atom. The Bertz CT molecular complexity index is 524. The van der Waals surface area contributed by atoms with Crippen LogP contribution in [0.25, 0.3) is 11.3 Å². The van der Waals surface area contributed by atoms with Gasteiger partial charge in [-0.15, -0.1) is 0 Å². The van der Waals surface area contributed by atoms with Crippen molar-refractivity contribution in [3.05, 3.63) is 47.9 Å². The first-order valence-electron chi connectivity index (χ1n) is 5.87. The van der Waals surface area contributed by atoms with Crippen LogP contribution >= 0.6 is 0 Å². The zero-order valence-electron chi connectivity index (χ0n) is 10.9. The fourth-order valence-corrected chi connectivity index (χ4v) is 1.80. The van der Waals surface area contributed by atoms with Crippen LogP contribution in [0, 0.1) is 6.92 Å². The van der Waals surface area contributed by atoms with Crippen LogP contribution in [0.4, 0.5) is 0 Å².